The summed E-state index contributed by atoms with van der Waals surface area (Å²) in [5.74, 6) is -1.29. The average Bonchev–Trinajstić information content (AvgIpc) is 4.05. The minimum Gasteiger partial charge on any atom is -0.462 e. The molecule has 0 bridgehead atoms. The Hall–Kier alpha value is -2.34. The molecule has 2 rings (SSSR count). The fourth-order valence-electron chi connectivity index (χ4n) is 7.50. The summed E-state index contributed by atoms with van der Waals surface area (Å²) in [5.41, 5.74) is 0. The molecule has 392 valence electrons. The summed E-state index contributed by atoms with van der Waals surface area (Å²) in [6.07, 6.45) is 28.9. The van der Waals surface area contributed by atoms with Crippen LogP contribution < -0.4 is 0 Å². The molecule has 2 aliphatic rings. The number of aliphatic hydroxyl groups excluding tert-OH is 4. The van der Waals surface area contributed by atoms with E-state index < -0.39 is 83.5 Å². The van der Waals surface area contributed by atoms with Crippen molar-refractivity contribution in [2.45, 2.75) is 223 Å². The van der Waals surface area contributed by atoms with E-state index in [-0.39, 0.29) is 25.0 Å². The van der Waals surface area contributed by atoms with E-state index in [1.165, 1.54) is 38.5 Å². The van der Waals surface area contributed by atoms with Crippen molar-refractivity contribution in [3.8, 4) is 0 Å². The first-order valence-electron chi connectivity index (χ1n) is 25.0. The molecule has 19 heteroatoms. The predicted molar refractivity (Wildman–Crippen MR) is 259 cm³/mol. The molecule has 1 heterocycles. The molecule has 17 nitrogen and oxygen atoms in total. The number of allylic oxidation sites excluding steroid dienone is 9. The minimum atomic E-state index is -5.38. The number of hydrogen-bond donors (Lipinski definition) is 7. The maximum absolute atomic E-state index is 13.0. The van der Waals surface area contributed by atoms with Gasteiger partial charge in [0.25, 0.3) is 0 Å². The van der Waals surface area contributed by atoms with Crippen molar-refractivity contribution in [2.75, 3.05) is 13.2 Å². The normalized spacial score (nSPS) is 24.7. The zero-order valence-electron chi connectivity index (χ0n) is 40.5. The quantitative estimate of drug-likeness (QED) is 0.00993. The molecule has 0 amide bonds. The van der Waals surface area contributed by atoms with Crippen molar-refractivity contribution in [3.05, 3.63) is 60.8 Å². The van der Waals surface area contributed by atoms with Crippen LogP contribution in [0.2, 0.25) is 0 Å². The topological polar surface area (TPSA) is 269 Å². The second-order valence-electron chi connectivity index (χ2n) is 17.6. The summed E-state index contributed by atoms with van der Waals surface area (Å²) in [5, 5.41) is 41.3. The standard InChI is InChI=1S/C49H84O17P2/c1-3-5-7-9-11-13-15-17-18-19-20-21-23-25-27-29-31-35-42(50)61-37-39(38-62-68(59,60)66-49-46(54)44(52)45(53)48(47(49)55)65-67(56,57)58)63-43(51)36-32-34-41-40(64-41)33-30-28-26-24-22-16-14-12-10-8-6-4-2/h11-14,17-18,22,24,28,30,39-41,44-49,52-55H,3-10,15-16,19-21,23,25-27,29,31-38H2,1-2H3,(H,59,60)(H2,56,57,58)/b13-11-,14-12-,18-17-,24-22-,30-28-/t39-,40?,41?,44?,45?,46?,47?,48-,49+/m1/s1. The fraction of sp³-hybridized carbons (Fsp3) is 0.755. The van der Waals surface area contributed by atoms with E-state index in [2.05, 4.69) is 79.1 Å². The number of carbonyl (C=O) groups is 2. The molecule has 7 unspecified atom stereocenters. The lowest BCUT2D eigenvalue weighted by Crippen LogP contribution is -2.64. The summed E-state index contributed by atoms with van der Waals surface area (Å²) in [6.45, 7) is 2.99. The summed E-state index contributed by atoms with van der Waals surface area (Å²) in [4.78, 5) is 54.5. The smallest absolute Gasteiger partial charge is 0.462 e. The highest BCUT2D eigenvalue weighted by molar-refractivity contribution is 7.47. The SMILES string of the molecule is CCCCC/C=C\C/C=C\C/C=C\CC1OC1CCCC(=O)O[C@H](COC(=O)CCCCCCCCC/C=C\C/C=C\CCCCC)COP(=O)(O)O[C@H]1C(O)C(O)C(O)[C@@H](OP(=O)(O)O)C1O. The molecule has 1 aliphatic carbocycles. The van der Waals surface area contributed by atoms with E-state index in [4.69, 9.17) is 23.3 Å². The molecule has 2 fully saturated rings. The number of hydrogen-bond acceptors (Lipinski definition) is 14. The second kappa shape index (κ2) is 36.6. The number of phosphoric ester groups is 2. The summed E-state index contributed by atoms with van der Waals surface area (Å²) < 4.78 is 55.2. The molecule has 0 radical (unpaired) electrons. The van der Waals surface area contributed by atoms with Gasteiger partial charge in [0.2, 0.25) is 0 Å². The van der Waals surface area contributed by atoms with Crippen molar-refractivity contribution in [1.29, 1.82) is 0 Å². The summed E-state index contributed by atoms with van der Waals surface area (Å²) >= 11 is 0. The Morgan fingerprint density at radius 3 is 1.59 bits per heavy atom. The van der Waals surface area contributed by atoms with Crippen molar-refractivity contribution in [2.24, 2.45) is 0 Å². The van der Waals surface area contributed by atoms with E-state index in [1.807, 2.05) is 0 Å². The monoisotopic (exact) mass is 1010 g/mol. The first kappa shape index (κ1) is 61.8. The Morgan fingerprint density at radius 1 is 0.544 bits per heavy atom. The van der Waals surface area contributed by atoms with Gasteiger partial charge in [-0.15, -0.1) is 0 Å². The molecule has 0 aromatic carbocycles. The van der Waals surface area contributed by atoms with Crippen LogP contribution in [0.3, 0.4) is 0 Å². The largest absolute Gasteiger partial charge is 0.472 e. The van der Waals surface area contributed by atoms with Crippen molar-refractivity contribution in [3.63, 3.8) is 0 Å². The Kier molecular flexibility index (Phi) is 33.2. The Bertz CT molecular complexity index is 1610. The van der Waals surface area contributed by atoms with Gasteiger partial charge >= 0.3 is 27.6 Å². The number of epoxide rings is 1. The lowest BCUT2D eigenvalue weighted by Gasteiger charge is -2.43. The molecule has 1 saturated heterocycles. The highest BCUT2D eigenvalue weighted by Gasteiger charge is 2.54. The maximum Gasteiger partial charge on any atom is 0.472 e. The van der Waals surface area contributed by atoms with Crippen LogP contribution in [0.1, 0.15) is 168 Å². The number of aliphatic hydroxyl groups is 4. The molecule has 68 heavy (non-hydrogen) atoms. The molecule has 1 saturated carbocycles. The average molecular weight is 1010 g/mol. The van der Waals surface area contributed by atoms with Crippen molar-refractivity contribution in [1.82, 2.24) is 0 Å². The Balaban J connectivity index is 1.81. The first-order chi connectivity index (χ1) is 32.6. The predicted octanol–water partition coefficient (Wildman–Crippen LogP) is 8.83. The van der Waals surface area contributed by atoms with Gasteiger partial charge in [-0.1, -0.05) is 132 Å². The minimum absolute atomic E-state index is 0.0139. The van der Waals surface area contributed by atoms with Gasteiger partial charge in [0.15, 0.2) is 6.10 Å². The van der Waals surface area contributed by atoms with Crippen LogP contribution in [0.25, 0.3) is 0 Å². The van der Waals surface area contributed by atoms with Crippen LogP contribution in [-0.2, 0) is 46.5 Å². The van der Waals surface area contributed by atoms with Gasteiger partial charge in [-0.2, -0.15) is 0 Å². The van der Waals surface area contributed by atoms with Crippen LogP contribution in [0.4, 0.5) is 0 Å². The highest BCUT2D eigenvalue weighted by Crippen LogP contribution is 2.49. The Morgan fingerprint density at radius 2 is 1.03 bits per heavy atom. The van der Waals surface area contributed by atoms with Crippen LogP contribution in [0, 0.1) is 0 Å². The summed E-state index contributed by atoms with van der Waals surface area (Å²) in [6, 6.07) is 0. The molecular formula is C49H84O17P2. The zero-order valence-corrected chi connectivity index (χ0v) is 42.3. The lowest BCUT2D eigenvalue weighted by atomic mass is 9.85. The van der Waals surface area contributed by atoms with Gasteiger partial charge in [-0.3, -0.25) is 23.2 Å². The molecule has 0 aromatic heterocycles. The van der Waals surface area contributed by atoms with Gasteiger partial charge in [-0.25, -0.2) is 9.13 Å². The molecular weight excluding hydrogens is 922 g/mol. The van der Waals surface area contributed by atoms with Gasteiger partial charge in [0, 0.05) is 12.8 Å². The molecule has 7 N–H and O–H groups in total. The number of unbranched alkanes of at least 4 members (excludes halogenated alkanes) is 13. The molecule has 0 aromatic rings. The maximum atomic E-state index is 13.0. The number of carbonyl (C=O) groups excluding carboxylic acids is 2. The molecule has 0 spiro atoms. The van der Waals surface area contributed by atoms with Crippen molar-refractivity contribution >= 4 is 27.6 Å². The summed E-state index contributed by atoms with van der Waals surface area (Å²) in [7, 11) is -10.7. The number of phosphoric acid groups is 2. The van der Waals surface area contributed by atoms with E-state index in [9.17, 15) is 53.8 Å². The van der Waals surface area contributed by atoms with E-state index in [0.717, 1.165) is 83.5 Å². The van der Waals surface area contributed by atoms with Crippen LogP contribution >= 0.6 is 15.6 Å². The van der Waals surface area contributed by atoms with Crippen LogP contribution in [0.5, 0.6) is 0 Å². The number of esters is 2. The van der Waals surface area contributed by atoms with E-state index in [1.54, 1.807) is 0 Å². The van der Waals surface area contributed by atoms with Crippen LogP contribution in [-0.4, -0.2) is 115 Å². The lowest BCUT2D eigenvalue weighted by molar-refractivity contribution is -0.216. The third kappa shape index (κ3) is 29.8. The number of rotatable bonds is 40. The van der Waals surface area contributed by atoms with Gasteiger partial charge in [0.1, 0.15) is 43.2 Å². The first-order valence-corrected chi connectivity index (χ1v) is 28.0. The zero-order chi connectivity index (χ0) is 50.0. The fourth-order valence-corrected chi connectivity index (χ4v) is 9.03. The van der Waals surface area contributed by atoms with Crippen molar-refractivity contribution < 1.29 is 81.6 Å². The van der Waals surface area contributed by atoms with Gasteiger partial charge in [-0.05, 0) is 83.5 Å². The van der Waals surface area contributed by atoms with E-state index >= 15 is 0 Å². The highest BCUT2D eigenvalue weighted by atomic mass is 31.2. The van der Waals surface area contributed by atoms with Gasteiger partial charge in [0.05, 0.1) is 18.8 Å². The van der Waals surface area contributed by atoms with E-state index in [0.29, 0.717) is 19.3 Å². The number of ether oxygens (including phenoxy) is 3. The second-order valence-corrected chi connectivity index (χ2v) is 20.2. The van der Waals surface area contributed by atoms with Crippen LogP contribution in [0.15, 0.2) is 60.8 Å². The molecule has 10 atom stereocenters. The molecule has 1 aliphatic heterocycles. The third-order valence-corrected chi connectivity index (χ3v) is 13.0. The Labute approximate surface area is 404 Å². The third-order valence-electron chi connectivity index (χ3n) is 11.5. The van der Waals surface area contributed by atoms with Gasteiger partial charge < -0.3 is 49.3 Å².